The number of hydrogen-bond acceptors (Lipinski definition) is 6. The number of rotatable bonds is 6. The van der Waals surface area contributed by atoms with Crippen molar-refractivity contribution in [2.45, 2.75) is 24.4 Å². The van der Waals surface area contributed by atoms with Crippen molar-refractivity contribution in [1.82, 2.24) is 10.2 Å². The molecule has 4 N–H and O–H groups in total. The first kappa shape index (κ1) is 21.6. The average Bonchev–Trinajstić information content (AvgIpc) is 3.14. The highest BCUT2D eigenvalue weighted by Gasteiger charge is 2.46. The fraction of sp³-hybridized carbons (Fsp3) is 0.435. The van der Waals surface area contributed by atoms with E-state index >= 15 is 0 Å². The monoisotopic (exact) mass is 426 g/mol. The summed E-state index contributed by atoms with van der Waals surface area (Å²) in [6.45, 7) is 3.21. The van der Waals surface area contributed by atoms with E-state index in [-0.39, 0.29) is 25.2 Å². The predicted octanol–water partition coefficient (Wildman–Crippen LogP) is 1.12. The Morgan fingerprint density at radius 1 is 0.968 bits per heavy atom. The smallest absolute Gasteiger partial charge is 0.319 e. The molecule has 2 aromatic carbocycles. The van der Waals surface area contributed by atoms with Crippen LogP contribution in [0.25, 0.3) is 0 Å². The van der Waals surface area contributed by atoms with Gasteiger partial charge in [-0.05, 0) is 24.3 Å². The molecule has 166 valence electrons. The van der Waals surface area contributed by atoms with Gasteiger partial charge in [0.05, 0.1) is 18.8 Å². The lowest BCUT2D eigenvalue weighted by atomic mass is 10.0. The maximum absolute atomic E-state index is 12.3. The Balaban J connectivity index is 1.35. The highest BCUT2D eigenvalue weighted by atomic mass is 16.5. The number of nitrogens with one attached hydrogen (secondary N) is 2. The van der Waals surface area contributed by atoms with Crippen LogP contribution in [0.4, 0.5) is 16.2 Å². The largest absolute Gasteiger partial charge is 0.394 e. The maximum Gasteiger partial charge on any atom is 0.319 e. The van der Waals surface area contributed by atoms with Crippen LogP contribution in [0.2, 0.25) is 0 Å². The molecule has 0 aromatic heterocycles. The van der Waals surface area contributed by atoms with Gasteiger partial charge in [0, 0.05) is 44.1 Å². The van der Waals surface area contributed by atoms with Crippen molar-refractivity contribution in [2.75, 3.05) is 49.5 Å². The van der Waals surface area contributed by atoms with Gasteiger partial charge in [0.25, 0.3) is 0 Å². The fourth-order valence-electron chi connectivity index (χ4n) is 4.40. The van der Waals surface area contributed by atoms with Crippen molar-refractivity contribution >= 4 is 17.4 Å². The summed E-state index contributed by atoms with van der Waals surface area (Å²) >= 11 is 0. The van der Waals surface area contributed by atoms with Gasteiger partial charge in [0.1, 0.15) is 12.2 Å². The molecule has 0 aliphatic carbocycles. The van der Waals surface area contributed by atoms with Crippen molar-refractivity contribution in [1.29, 1.82) is 0 Å². The summed E-state index contributed by atoms with van der Waals surface area (Å²) in [6, 6.07) is 18.9. The third kappa shape index (κ3) is 5.16. The molecule has 4 atom stereocenters. The number of carbonyl (C=O) groups is 1. The van der Waals surface area contributed by atoms with Crippen LogP contribution in [0.15, 0.2) is 60.7 Å². The first-order valence-corrected chi connectivity index (χ1v) is 10.7. The first-order chi connectivity index (χ1) is 15.2. The molecule has 2 aliphatic heterocycles. The minimum absolute atomic E-state index is 0.246. The van der Waals surface area contributed by atoms with E-state index in [9.17, 15) is 15.0 Å². The summed E-state index contributed by atoms with van der Waals surface area (Å²) in [5.74, 6) is 0. The molecule has 0 unspecified atom stereocenters. The van der Waals surface area contributed by atoms with E-state index in [1.165, 1.54) is 5.69 Å². The zero-order chi connectivity index (χ0) is 21.6. The molecule has 4 rings (SSSR count). The van der Waals surface area contributed by atoms with Crippen molar-refractivity contribution in [3.63, 3.8) is 0 Å². The Labute approximate surface area is 182 Å². The van der Waals surface area contributed by atoms with Gasteiger partial charge in [0.15, 0.2) is 0 Å². The number of amides is 2. The molecule has 0 bridgehead atoms. The molecular weight excluding hydrogens is 396 g/mol. The summed E-state index contributed by atoms with van der Waals surface area (Å²) in [6.07, 6.45) is -1.87. The molecular formula is C23H30N4O4. The third-order valence-corrected chi connectivity index (χ3v) is 5.99. The molecule has 2 fully saturated rings. The number of nitrogens with zero attached hydrogens (tertiary/aromatic N) is 2. The fourth-order valence-corrected chi connectivity index (χ4v) is 4.40. The molecule has 0 spiro atoms. The minimum atomic E-state index is -0.808. The molecule has 8 heteroatoms. The topological polar surface area (TPSA) is 97.3 Å². The van der Waals surface area contributed by atoms with Crippen LogP contribution in [0.1, 0.15) is 0 Å². The molecule has 0 saturated carbocycles. The van der Waals surface area contributed by atoms with Crippen LogP contribution in [-0.4, -0.2) is 84.8 Å². The number of benzene rings is 2. The van der Waals surface area contributed by atoms with Crippen molar-refractivity contribution in [2.24, 2.45) is 0 Å². The number of para-hydroxylation sites is 2. The number of carbonyl (C=O) groups excluding carboxylic acids is 1. The second kappa shape index (κ2) is 10.1. The Morgan fingerprint density at radius 3 is 2.26 bits per heavy atom. The van der Waals surface area contributed by atoms with Gasteiger partial charge in [-0.15, -0.1) is 0 Å². The molecule has 2 aliphatic rings. The summed E-state index contributed by atoms with van der Waals surface area (Å²) < 4.78 is 5.90. The first-order valence-electron chi connectivity index (χ1n) is 10.7. The van der Waals surface area contributed by atoms with E-state index in [0.29, 0.717) is 5.69 Å². The molecule has 2 saturated heterocycles. The molecule has 2 aromatic rings. The summed E-state index contributed by atoms with van der Waals surface area (Å²) in [7, 11) is 0. The summed E-state index contributed by atoms with van der Waals surface area (Å²) in [5, 5.41) is 26.0. The molecule has 8 nitrogen and oxygen atoms in total. The normalized spacial score (nSPS) is 26.6. The van der Waals surface area contributed by atoms with Gasteiger partial charge in [-0.3, -0.25) is 4.90 Å². The number of urea groups is 1. The quantitative estimate of drug-likeness (QED) is 0.553. The number of aliphatic hydroxyl groups excluding tert-OH is 2. The van der Waals surface area contributed by atoms with Crippen LogP contribution in [0.3, 0.4) is 0 Å². The number of piperazine rings is 1. The van der Waals surface area contributed by atoms with Gasteiger partial charge < -0.3 is 30.5 Å². The zero-order valence-electron chi connectivity index (χ0n) is 17.4. The molecule has 2 heterocycles. The van der Waals surface area contributed by atoms with Gasteiger partial charge >= 0.3 is 6.03 Å². The second-order valence-electron chi connectivity index (χ2n) is 7.94. The Hall–Kier alpha value is -2.65. The van der Waals surface area contributed by atoms with E-state index in [2.05, 4.69) is 32.6 Å². The summed E-state index contributed by atoms with van der Waals surface area (Å²) in [5.41, 5.74) is 1.89. The van der Waals surface area contributed by atoms with Gasteiger partial charge in [-0.25, -0.2) is 4.79 Å². The van der Waals surface area contributed by atoms with E-state index in [1.807, 2.05) is 48.5 Å². The Bertz CT molecular complexity index is 830. The van der Waals surface area contributed by atoms with Crippen molar-refractivity contribution < 1.29 is 19.7 Å². The van der Waals surface area contributed by atoms with Crippen LogP contribution >= 0.6 is 0 Å². The number of hydrogen-bond donors (Lipinski definition) is 4. The van der Waals surface area contributed by atoms with E-state index in [0.717, 1.165) is 26.2 Å². The van der Waals surface area contributed by atoms with Crippen LogP contribution in [0.5, 0.6) is 0 Å². The Morgan fingerprint density at radius 2 is 1.61 bits per heavy atom. The minimum Gasteiger partial charge on any atom is -0.394 e. The molecule has 31 heavy (non-hydrogen) atoms. The highest BCUT2D eigenvalue weighted by Crippen LogP contribution is 2.27. The van der Waals surface area contributed by atoms with Crippen molar-refractivity contribution in [3.05, 3.63) is 60.7 Å². The van der Waals surface area contributed by atoms with E-state index in [4.69, 9.17) is 4.74 Å². The van der Waals surface area contributed by atoms with Gasteiger partial charge in [-0.2, -0.15) is 0 Å². The zero-order valence-corrected chi connectivity index (χ0v) is 17.4. The number of anilines is 2. The number of ether oxygens (including phenoxy) is 1. The Kier molecular flexibility index (Phi) is 7.03. The standard InChI is InChI=1S/C23H30N4O4/c28-16-20-22(29)21(27-13-11-26(12-14-27)18-9-5-2-6-10-18)19(31-20)15-24-23(30)25-17-7-3-1-4-8-17/h1-10,19-22,28-29H,11-16H2,(H2,24,25,30)/t19-,20-,21-,22+/m0/s1. The summed E-state index contributed by atoms with van der Waals surface area (Å²) in [4.78, 5) is 16.8. The van der Waals surface area contributed by atoms with Crippen molar-refractivity contribution in [3.8, 4) is 0 Å². The van der Waals surface area contributed by atoms with Crippen LogP contribution in [0, 0.1) is 0 Å². The molecule has 0 radical (unpaired) electrons. The number of aliphatic hydroxyl groups is 2. The van der Waals surface area contributed by atoms with E-state index < -0.39 is 18.3 Å². The highest BCUT2D eigenvalue weighted by molar-refractivity contribution is 5.89. The van der Waals surface area contributed by atoms with Crippen LogP contribution in [-0.2, 0) is 4.74 Å². The van der Waals surface area contributed by atoms with E-state index in [1.54, 1.807) is 0 Å². The predicted molar refractivity (Wildman–Crippen MR) is 119 cm³/mol. The second-order valence-corrected chi connectivity index (χ2v) is 7.94. The maximum atomic E-state index is 12.3. The lowest BCUT2D eigenvalue weighted by Gasteiger charge is -2.41. The van der Waals surface area contributed by atoms with Gasteiger partial charge in [0.2, 0.25) is 0 Å². The SMILES string of the molecule is O=C(NC[C@@H]1O[C@@H](CO)[C@@H](O)[C@H]1N1CCN(c2ccccc2)CC1)Nc1ccccc1. The molecule has 2 amide bonds. The third-order valence-electron chi connectivity index (χ3n) is 5.99. The lowest BCUT2D eigenvalue weighted by Crippen LogP contribution is -2.57. The average molecular weight is 427 g/mol. The van der Waals surface area contributed by atoms with Gasteiger partial charge in [-0.1, -0.05) is 36.4 Å². The van der Waals surface area contributed by atoms with Crippen LogP contribution < -0.4 is 15.5 Å². The lowest BCUT2D eigenvalue weighted by molar-refractivity contribution is -0.0205.